The number of aromatic nitrogens is 2. The van der Waals surface area contributed by atoms with E-state index in [2.05, 4.69) is 35.3 Å². The first-order valence-electron chi connectivity index (χ1n) is 6.55. The largest absolute Gasteiger partial charge is 0.391 e. The maximum Gasteiger partial charge on any atom is 0.0949 e. The Kier molecular flexibility index (Phi) is 3.15. The van der Waals surface area contributed by atoms with E-state index in [0.717, 1.165) is 19.3 Å². The first-order chi connectivity index (χ1) is 8.84. The number of benzene rings is 1. The van der Waals surface area contributed by atoms with Crippen LogP contribution in [0.3, 0.4) is 0 Å². The van der Waals surface area contributed by atoms with Crippen molar-refractivity contribution < 1.29 is 5.11 Å². The quantitative estimate of drug-likeness (QED) is 0.879. The molecule has 3 atom stereocenters. The van der Waals surface area contributed by atoms with Gasteiger partial charge in [-0.05, 0) is 30.7 Å². The van der Waals surface area contributed by atoms with Crippen LogP contribution in [0.4, 0.5) is 0 Å². The molecule has 94 valence electrons. The summed E-state index contributed by atoms with van der Waals surface area (Å²) in [6, 6.07) is 10.8. The molecule has 1 saturated carbocycles. The van der Waals surface area contributed by atoms with Crippen LogP contribution >= 0.6 is 0 Å². The van der Waals surface area contributed by atoms with Crippen LogP contribution in [0.25, 0.3) is 0 Å². The number of nitrogens with zero attached hydrogens (tertiary/aromatic N) is 2. The molecule has 1 heterocycles. The van der Waals surface area contributed by atoms with Crippen LogP contribution in [0, 0.1) is 0 Å². The van der Waals surface area contributed by atoms with Crippen LogP contribution in [-0.2, 0) is 0 Å². The van der Waals surface area contributed by atoms with E-state index in [0.29, 0.717) is 5.92 Å². The maximum atomic E-state index is 10.2. The van der Waals surface area contributed by atoms with Gasteiger partial charge in [0.2, 0.25) is 0 Å². The second-order valence-electron chi connectivity index (χ2n) is 5.07. The fraction of sp³-hybridized carbons (Fsp3) is 0.400. The van der Waals surface area contributed by atoms with Gasteiger partial charge in [0.05, 0.1) is 18.5 Å². The van der Waals surface area contributed by atoms with Gasteiger partial charge in [-0.1, -0.05) is 30.3 Å². The minimum atomic E-state index is -0.251. The van der Waals surface area contributed by atoms with Crippen molar-refractivity contribution >= 4 is 0 Å². The van der Waals surface area contributed by atoms with E-state index in [1.54, 1.807) is 12.5 Å². The summed E-state index contributed by atoms with van der Waals surface area (Å²) >= 11 is 0. The normalized spacial score (nSPS) is 28.2. The van der Waals surface area contributed by atoms with E-state index in [9.17, 15) is 5.11 Å². The lowest BCUT2D eigenvalue weighted by atomic mass is 9.80. The van der Waals surface area contributed by atoms with Gasteiger partial charge in [-0.25, -0.2) is 4.98 Å². The summed E-state index contributed by atoms with van der Waals surface area (Å²) in [5.41, 5.74) is 1.38. The van der Waals surface area contributed by atoms with Crippen molar-refractivity contribution in [1.29, 1.82) is 0 Å². The number of imidazole rings is 1. The Hall–Kier alpha value is -1.61. The third-order valence-electron chi connectivity index (χ3n) is 3.96. The predicted octanol–water partition coefficient (Wildman–Crippen LogP) is 2.75. The highest BCUT2D eigenvalue weighted by Gasteiger charge is 2.30. The molecule has 1 N–H and O–H groups in total. The van der Waals surface area contributed by atoms with Gasteiger partial charge >= 0.3 is 0 Å². The highest BCUT2D eigenvalue weighted by atomic mass is 16.3. The lowest BCUT2D eigenvalue weighted by Gasteiger charge is -2.34. The van der Waals surface area contributed by atoms with Crippen molar-refractivity contribution in [3.63, 3.8) is 0 Å². The molecule has 1 aromatic carbocycles. The number of hydrogen-bond donors (Lipinski definition) is 1. The zero-order chi connectivity index (χ0) is 12.4. The number of aliphatic hydroxyl groups is 1. The van der Waals surface area contributed by atoms with Crippen molar-refractivity contribution in [3.05, 3.63) is 54.6 Å². The zero-order valence-electron chi connectivity index (χ0n) is 10.3. The van der Waals surface area contributed by atoms with Gasteiger partial charge in [0, 0.05) is 12.4 Å². The third-order valence-corrected chi connectivity index (χ3v) is 3.96. The van der Waals surface area contributed by atoms with E-state index < -0.39 is 0 Å². The Balaban J connectivity index is 1.80. The van der Waals surface area contributed by atoms with Gasteiger partial charge in [-0.2, -0.15) is 0 Å². The summed E-state index contributed by atoms with van der Waals surface area (Å²) in [6.07, 6.45) is 8.20. The number of rotatable bonds is 2. The molecule has 0 aliphatic heterocycles. The van der Waals surface area contributed by atoms with Crippen LogP contribution < -0.4 is 0 Å². The molecule has 3 rings (SSSR count). The van der Waals surface area contributed by atoms with Crippen molar-refractivity contribution in [3.8, 4) is 0 Å². The molecule has 1 aliphatic carbocycles. The van der Waals surface area contributed by atoms with Crippen LogP contribution in [-0.4, -0.2) is 20.8 Å². The molecule has 0 saturated heterocycles. The molecular weight excluding hydrogens is 224 g/mol. The highest BCUT2D eigenvalue weighted by molar-refractivity contribution is 5.20. The number of aliphatic hydroxyl groups excluding tert-OH is 1. The van der Waals surface area contributed by atoms with Crippen molar-refractivity contribution in [2.75, 3.05) is 0 Å². The molecule has 0 spiro atoms. The van der Waals surface area contributed by atoms with Gasteiger partial charge < -0.3 is 9.67 Å². The van der Waals surface area contributed by atoms with E-state index in [-0.39, 0.29) is 12.1 Å². The van der Waals surface area contributed by atoms with Gasteiger partial charge in [-0.15, -0.1) is 0 Å². The Bertz CT molecular complexity index is 480. The molecule has 1 aliphatic rings. The summed E-state index contributed by atoms with van der Waals surface area (Å²) in [4.78, 5) is 4.08. The molecule has 18 heavy (non-hydrogen) atoms. The highest BCUT2D eigenvalue weighted by Crippen LogP contribution is 2.38. The van der Waals surface area contributed by atoms with Gasteiger partial charge in [0.1, 0.15) is 0 Å². The Morgan fingerprint density at radius 1 is 1.17 bits per heavy atom. The van der Waals surface area contributed by atoms with Crippen LogP contribution in [0.1, 0.15) is 36.8 Å². The minimum Gasteiger partial charge on any atom is -0.391 e. The number of hydrogen-bond acceptors (Lipinski definition) is 2. The van der Waals surface area contributed by atoms with E-state index in [1.807, 2.05) is 10.8 Å². The van der Waals surface area contributed by atoms with Gasteiger partial charge in [0.15, 0.2) is 0 Å². The van der Waals surface area contributed by atoms with Gasteiger partial charge in [-0.3, -0.25) is 0 Å². The van der Waals surface area contributed by atoms with E-state index in [1.165, 1.54) is 5.56 Å². The Morgan fingerprint density at radius 2 is 2.00 bits per heavy atom. The van der Waals surface area contributed by atoms with Crippen LogP contribution in [0.5, 0.6) is 0 Å². The maximum absolute atomic E-state index is 10.2. The molecule has 1 fully saturated rings. The van der Waals surface area contributed by atoms with E-state index >= 15 is 0 Å². The summed E-state index contributed by atoms with van der Waals surface area (Å²) in [6.45, 7) is 0. The summed E-state index contributed by atoms with van der Waals surface area (Å²) in [5.74, 6) is 0.544. The molecule has 3 nitrogen and oxygen atoms in total. The SMILES string of the molecule is OC1CCC(c2ccccc2)CC1n1ccnc1. The molecule has 3 heteroatoms. The van der Waals surface area contributed by atoms with Gasteiger partial charge in [0.25, 0.3) is 0 Å². The molecule has 1 aromatic heterocycles. The summed E-state index contributed by atoms with van der Waals surface area (Å²) < 4.78 is 2.04. The molecule has 0 bridgehead atoms. The van der Waals surface area contributed by atoms with Crippen LogP contribution in [0.15, 0.2) is 49.1 Å². The van der Waals surface area contributed by atoms with Crippen molar-refractivity contribution in [1.82, 2.24) is 9.55 Å². The first kappa shape index (κ1) is 11.5. The molecule has 0 amide bonds. The smallest absolute Gasteiger partial charge is 0.0949 e. The molecule has 3 unspecified atom stereocenters. The van der Waals surface area contributed by atoms with E-state index in [4.69, 9.17) is 0 Å². The second-order valence-corrected chi connectivity index (χ2v) is 5.07. The zero-order valence-corrected chi connectivity index (χ0v) is 10.3. The van der Waals surface area contributed by atoms with Crippen molar-refractivity contribution in [2.24, 2.45) is 0 Å². The summed E-state index contributed by atoms with van der Waals surface area (Å²) in [5, 5.41) is 10.2. The van der Waals surface area contributed by atoms with Crippen LogP contribution in [0.2, 0.25) is 0 Å². The summed E-state index contributed by atoms with van der Waals surface area (Å²) in [7, 11) is 0. The lowest BCUT2D eigenvalue weighted by Crippen LogP contribution is -2.30. The average Bonchev–Trinajstić information content (AvgIpc) is 2.94. The first-order valence-corrected chi connectivity index (χ1v) is 6.55. The fourth-order valence-electron chi connectivity index (χ4n) is 2.94. The third kappa shape index (κ3) is 2.18. The molecular formula is C15H18N2O. The standard InChI is InChI=1S/C15H18N2O/c18-15-7-6-13(12-4-2-1-3-5-12)10-14(15)17-9-8-16-11-17/h1-5,8-9,11,13-15,18H,6-7,10H2. The minimum absolute atomic E-state index is 0.159. The molecule has 2 aromatic rings. The second kappa shape index (κ2) is 4.94. The monoisotopic (exact) mass is 242 g/mol. The predicted molar refractivity (Wildman–Crippen MR) is 70.3 cm³/mol. The Morgan fingerprint density at radius 3 is 2.72 bits per heavy atom. The lowest BCUT2D eigenvalue weighted by molar-refractivity contribution is 0.0675. The Labute approximate surface area is 107 Å². The average molecular weight is 242 g/mol. The van der Waals surface area contributed by atoms with Crippen molar-refractivity contribution in [2.45, 2.75) is 37.3 Å². The topological polar surface area (TPSA) is 38.0 Å². The molecule has 0 radical (unpaired) electrons. The fourth-order valence-corrected chi connectivity index (χ4v) is 2.94.